The maximum absolute atomic E-state index is 12.5. The average molecular weight is 387 g/mol. The normalized spacial score (nSPS) is 15.6. The van der Waals surface area contributed by atoms with Gasteiger partial charge >= 0.3 is 21.7 Å². The smallest absolute Gasteiger partial charge is 0.465 e. The molecule has 0 saturated carbocycles. The van der Waals surface area contributed by atoms with Gasteiger partial charge in [-0.1, -0.05) is 11.8 Å². The van der Waals surface area contributed by atoms with E-state index in [0.29, 0.717) is 0 Å². The Labute approximate surface area is 139 Å². The van der Waals surface area contributed by atoms with E-state index >= 15 is 0 Å². The molecule has 0 fully saturated rings. The van der Waals surface area contributed by atoms with E-state index in [-0.39, 0.29) is 42.3 Å². The zero-order valence-corrected chi connectivity index (χ0v) is 13.8. The van der Waals surface area contributed by atoms with Crippen molar-refractivity contribution >= 4 is 28.0 Å². The summed E-state index contributed by atoms with van der Waals surface area (Å²) in [6.07, 6.45) is 0.688. The van der Waals surface area contributed by atoms with Crippen LogP contribution in [0.25, 0.3) is 0 Å². The molecule has 0 aliphatic carbocycles. The summed E-state index contributed by atoms with van der Waals surface area (Å²) in [5.74, 6) is -0.714. The van der Waals surface area contributed by atoms with Crippen molar-refractivity contribution in [1.82, 2.24) is 14.9 Å². The standard InChI is InChI=1S/C11H12F3N3O5S2/c1-23-9-15-7-5-17(10(18)19)4-2-3-6(7)8(16-9)22-24(20,21)11(12,13)14/h2-5H2,1H3,(H,18,19). The van der Waals surface area contributed by atoms with E-state index in [1.54, 1.807) is 0 Å². The molecule has 0 unspecified atom stereocenters. The monoisotopic (exact) mass is 387 g/mol. The Kier molecular flexibility index (Phi) is 5.13. The van der Waals surface area contributed by atoms with Gasteiger partial charge in [0.15, 0.2) is 5.16 Å². The predicted octanol–water partition coefficient (Wildman–Crippen LogP) is 1.85. The van der Waals surface area contributed by atoms with Crippen LogP contribution in [0.3, 0.4) is 0 Å². The minimum absolute atomic E-state index is 0.0200. The Bertz CT molecular complexity index is 754. The molecule has 1 aliphatic heterocycles. The van der Waals surface area contributed by atoms with Crippen LogP contribution in [0.15, 0.2) is 5.16 Å². The van der Waals surface area contributed by atoms with E-state index in [4.69, 9.17) is 5.11 Å². The summed E-state index contributed by atoms with van der Waals surface area (Å²) in [4.78, 5) is 19.9. The van der Waals surface area contributed by atoms with Crippen LogP contribution in [-0.2, 0) is 23.1 Å². The van der Waals surface area contributed by atoms with Crippen LogP contribution in [0.2, 0.25) is 0 Å². The van der Waals surface area contributed by atoms with Crippen LogP contribution in [0.1, 0.15) is 17.7 Å². The highest BCUT2D eigenvalue weighted by atomic mass is 32.2. The number of hydrogen-bond donors (Lipinski definition) is 1. The number of aromatic nitrogens is 2. The summed E-state index contributed by atoms with van der Waals surface area (Å²) in [5, 5.41) is 9.06. The fourth-order valence-corrected chi connectivity index (χ4v) is 2.86. The molecule has 1 aromatic heterocycles. The molecule has 2 heterocycles. The van der Waals surface area contributed by atoms with Gasteiger partial charge < -0.3 is 14.2 Å². The first-order chi connectivity index (χ1) is 11.0. The lowest BCUT2D eigenvalue weighted by atomic mass is 10.1. The van der Waals surface area contributed by atoms with Crippen LogP contribution >= 0.6 is 11.8 Å². The molecule has 8 nitrogen and oxygen atoms in total. The molecule has 24 heavy (non-hydrogen) atoms. The fraction of sp³-hybridized carbons (Fsp3) is 0.545. The number of rotatable bonds is 3. The number of amides is 1. The topological polar surface area (TPSA) is 110 Å². The molecule has 2 rings (SSSR count). The Morgan fingerprint density at radius 2 is 2.04 bits per heavy atom. The first-order valence-electron chi connectivity index (χ1n) is 6.47. The van der Waals surface area contributed by atoms with Gasteiger partial charge in [-0.25, -0.2) is 9.78 Å². The zero-order chi connectivity index (χ0) is 18.1. The molecular weight excluding hydrogens is 375 g/mol. The number of hydrogen-bond acceptors (Lipinski definition) is 7. The maximum Gasteiger partial charge on any atom is 0.534 e. The Balaban J connectivity index is 2.50. The second-order valence-electron chi connectivity index (χ2n) is 4.73. The lowest BCUT2D eigenvalue weighted by molar-refractivity contribution is -0.0501. The molecule has 1 N–H and O–H groups in total. The SMILES string of the molecule is CSc1nc2c(c(OS(=O)(=O)C(F)(F)F)n1)CCCN(C(=O)O)C2. The first kappa shape index (κ1) is 18.6. The van der Waals surface area contributed by atoms with Gasteiger partial charge in [0.1, 0.15) is 0 Å². The summed E-state index contributed by atoms with van der Waals surface area (Å²) in [5.41, 5.74) is -5.41. The van der Waals surface area contributed by atoms with Gasteiger partial charge in [0.25, 0.3) is 0 Å². The molecule has 0 aromatic carbocycles. The van der Waals surface area contributed by atoms with Crippen molar-refractivity contribution in [2.45, 2.75) is 30.1 Å². The van der Waals surface area contributed by atoms with E-state index in [1.165, 1.54) is 6.26 Å². The van der Waals surface area contributed by atoms with Crippen molar-refractivity contribution < 1.29 is 35.7 Å². The van der Waals surface area contributed by atoms with Crippen molar-refractivity contribution in [3.05, 3.63) is 11.3 Å². The molecule has 13 heteroatoms. The van der Waals surface area contributed by atoms with Gasteiger partial charge in [-0.2, -0.15) is 26.6 Å². The molecule has 0 atom stereocenters. The molecule has 0 bridgehead atoms. The number of carbonyl (C=O) groups is 1. The number of nitrogens with zero attached hydrogens (tertiary/aromatic N) is 3. The summed E-state index contributed by atoms with van der Waals surface area (Å²) in [6, 6.07) is 0. The molecule has 1 amide bonds. The highest BCUT2D eigenvalue weighted by molar-refractivity contribution is 7.98. The van der Waals surface area contributed by atoms with Crippen molar-refractivity contribution in [1.29, 1.82) is 0 Å². The molecule has 0 saturated heterocycles. The Morgan fingerprint density at radius 1 is 1.38 bits per heavy atom. The molecule has 0 radical (unpaired) electrons. The van der Waals surface area contributed by atoms with E-state index in [9.17, 15) is 26.4 Å². The summed E-state index contributed by atoms with van der Waals surface area (Å²) >= 11 is 0.961. The summed E-state index contributed by atoms with van der Waals surface area (Å²) in [6.45, 7) is -0.0606. The minimum Gasteiger partial charge on any atom is -0.465 e. The van der Waals surface area contributed by atoms with Crippen molar-refractivity contribution in [2.75, 3.05) is 12.8 Å². The zero-order valence-electron chi connectivity index (χ0n) is 12.2. The number of halogens is 3. The largest absolute Gasteiger partial charge is 0.534 e. The highest BCUT2D eigenvalue weighted by Crippen LogP contribution is 2.32. The lowest BCUT2D eigenvalue weighted by Gasteiger charge is -2.17. The van der Waals surface area contributed by atoms with E-state index in [0.717, 1.165) is 16.7 Å². The van der Waals surface area contributed by atoms with E-state index in [2.05, 4.69) is 14.2 Å². The number of fused-ring (bicyclic) bond motifs is 1. The third-order valence-electron chi connectivity index (χ3n) is 3.15. The Morgan fingerprint density at radius 3 is 2.58 bits per heavy atom. The maximum atomic E-state index is 12.5. The molecule has 1 aromatic rings. The van der Waals surface area contributed by atoms with Crippen LogP contribution in [0.5, 0.6) is 5.88 Å². The van der Waals surface area contributed by atoms with Crippen LogP contribution in [-0.4, -0.2) is 52.8 Å². The molecular formula is C11H12F3N3O5S2. The van der Waals surface area contributed by atoms with Crippen molar-refractivity contribution in [3.63, 3.8) is 0 Å². The third kappa shape index (κ3) is 3.83. The third-order valence-corrected chi connectivity index (χ3v) is 4.65. The number of alkyl halides is 3. The van der Waals surface area contributed by atoms with Gasteiger partial charge in [-0.05, 0) is 19.1 Å². The van der Waals surface area contributed by atoms with Crippen molar-refractivity contribution in [3.8, 4) is 5.88 Å². The van der Waals surface area contributed by atoms with E-state index in [1.807, 2.05) is 0 Å². The second-order valence-corrected chi connectivity index (χ2v) is 7.04. The predicted molar refractivity (Wildman–Crippen MR) is 76.2 cm³/mol. The van der Waals surface area contributed by atoms with Crippen LogP contribution in [0, 0.1) is 0 Å². The molecule has 134 valence electrons. The van der Waals surface area contributed by atoms with Crippen LogP contribution in [0.4, 0.5) is 18.0 Å². The number of carboxylic acid groups (broad SMARTS) is 1. The van der Waals surface area contributed by atoms with Gasteiger partial charge in [0.2, 0.25) is 5.88 Å². The quantitative estimate of drug-likeness (QED) is 0.362. The second kappa shape index (κ2) is 6.63. The van der Waals surface area contributed by atoms with Gasteiger partial charge in [-0.3, -0.25) is 0 Å². The minimum atomic E-state index is -5.88. The average Bonchev–Trinajstić information content (AvgIpc) is 2.68. The van der Waals surface area contributed by atoms with E-state index < -0.39 is 27.6 Å². The summed E-state index contributed by atoms with van der Waals surface area (Å²) in [7, 11) is -5.88. The fourth-order valence-electron chi connectivity index (χ4n) is 2.05. The molecule has 1 aliphatic rings. The number of thioether (sulfide) groups is 1. The van der Waals surface area contributed by atoms with Gasteiger partial charge in [-0.15, -0.1) is 0 Å². The van der Waals surface area contributed by atoms with Gasteiger partial charge in [0, 0.05) is 12.1 Å². The van der Waals surface area contributed by atoms with Crippen LogP contribution < -0.4 is 4.18 Å². The first-order valence-corrected chi connectivity index (χ1v) is 9.11. The molecule has 0 spiro atoms. The lowest BCUT2D eigenvalue weighted by Crippen LogP contribution is -2.30. The van der Waals surface area contributed by atoms with Crippen molar-refractivity contribution in [2.24, 2.45) is 0 Å². The van der Waals surface area contributed by atoms with Gasteiger partial charge in [0.05, 0.1) is 12.2 Å². The summed E-state index contributed by atoms with van der Waals surface area (Å²) < 4.78 is 64.3. The Hall–Kier alpha value is -1.76. The highest BCUT2D eigenvalue weighted by Gasteiger charge is 2.49.